The lowest BCUT2D eigenvalue weighted by Gasteiger charge is -2.18. The van der Waals surface area contributed by atoms with Gasteiger partial charge in [0.1, 0.15) is 13.2 Å². The fourth-order valence-corrected chi connectivity index (χ4v) is 9.90. The van der Waals surface area contributed by atoms with Gasteiger partial charge in [0.15, 0.2) is 6.10 Å². The molecule has 0 spiro atoms. The number of unbranched alkanes of at least 4 members (excludes halogenated alkanes) is 41. The highest BCUT2D eigenvalue weighted by Crippen LogP contribution is 2.18. The van der Waals surface area contributed by atoms with E-state index in [-0.39, 0.29) is 37.5 Å². The van der Waals surface area contributed by atoms with Gasteiger partial charge >= 0.3 is 17.9 Å². The van der Waals surface area contributed by atoms with Crippen LogP contribution >= 0.6 is 0 Å². The second-order valence-corrected chi connectivity index (χ2v) is 22.7. The van der Waals surface area contributed by atoms with Crippen molar-refractivity contribution in [2.75, 3.05) is 13.2 Å². The van der Waals surface area contributed by atoms with Crippen LogP contribution < -0.4 is 0 Å². The Bertz CT molecular complexity index is 1380. The second kappa shape index (κ2) is 65.6. The molecule has 0 amide bonds. The molecule has 0 radical (unpaired) electrons. The number of rotatable bonds is 62. The summed E-state index contributed by atoms with van der Waals surface area (Å²) in [5.41, 5.74) is 0. The van der Waals surface area contributed by atoms with Crippen molar-refractivity contribution < 1.29 is 28.6 Å². The zero-order valence-corrected chi connectivity index (χ0v) is 51.5. The number of allylic oxidation sites excluding steroid dienone is 10. The highest BCUT2D eigenvalue weighted by Gasteiger charge is 2.19. The fraction of sp³-hybridized carbons (Fsp3) is 0.817. The van der Waals surface area contributed by atoms with Crippen LogP contribution in [0.5, 0.6) is 0 Å². The van der Waals surface area contributed by atoms with E-state index in [4.69, 9.17) is 14.2 Å². The first kappa shape index (κ1) is 74.1. The highest BCUT2D eigenvalue weighted by atomic mass is 16.6. The minimum absolute atomic E-state index is 0.0876. The molecule has 0 saturated heterocycles. The van der Waals surface area contributed by atoms with Crippen LogP contribution in [0.3, 0.4) is 0 Å². The summed E-state index contributed by atoms with van der Waals surface area (Å²) in [5.74, 6) is -0.925. The van der Waals surface area contributed by atoms with Crippen LogP contribution in [-0.4, -0.2) is 37.2 Å². The summed E-state index contributed by atoms with van der Waals surface area (Å²) < 4.78 is 16.9. The molecule has 0 aliphatic carbocycles. The summed E-state index contributed by atoms with van der Waals surface area (Å²) in [6.07, 6.45) is 83.8. The minimum Gasteiger partial charge on any atom is -0.462 e. The van der Waals surface area contributed by atoms with Gasteiger partial charge in [-0.2, -0.15) is 0 Å². The summed E-state index contributed by atoms with van der Waals surface area (Å²) in [6.45, 7) is 6.62. The second-order valence-electron chi connectivity index (χ2n) is 22.7. The third-order valence-electron chi connectivity index (χ3n) is 15.0. The molecule has 0 heterocycles. The molecule has 1 atom stereocenters. The van der Waals surface area contributed by atoms with Gasteiger partial charge in [0.2, 0.25) is 0 Å². The largest absolute Gasteiger partial charge is 0.462 e. The normalized spacial score (nSPS) is 12.4. The molecule has 6 nitrogen and oxygen atoms in total. The lowest BCUT2D eigenvalue weighted by molar-refractivity contribution is -0.167. The molecule has 6 heteroatoms. The first-order valence-corrected chi connectivity index (χ1v) is 33.8. The molecule has 448 valence electrons. The number of carbonyl (C=O) groups excluding carboxylic acids is 3. The van der Waals surface area contributed by atoms with Crippen LogP contribution in [0.15, 0.2) is 60.8 Å². The topological polar surface area (TPSA) is 78.9 Å². The Hall–Kier alpha value is -2.89. The van der Waals surface area contributed by atoms with Gasteiger partial charge < -0.3 is 14.2 Å². The molecular formula is C71H128O6. The summed E-state index contributed by atoms with van der Waals surface area (Å²) >= 11 is 0. The molecular weight excluding hydrogens is 949 g/mol. The van der Waals surface area contributed by atoms with E-state index in [1.165, 1.54) is 244 Å². The Kier molecular flexibility index (Phi) is 63.2. The van der Waals surface area contributed by atoms with Gasteiger partial charge in [0, 0.05) is 19.3 Å². The maximum absolute atomic E-state index is 12.9. The van der Waals surface area contributed by atoms with E-state index in [1.54, 1.807) is 0 Å². The highest BCUT2D eigenvalue weighted by molar-refractivity contribution is 5.71. The summed E-state index contributed by atoms with van der Waals surface area (Å²) in [4.78, 5) is 38.4. The van der Waals surface area contributed by atoms with Gasteiger partial charge in [-0.15, -0.1) is 0 Å². The predicted octanol–water partition coefficient (Wildman–Crippen LogP) is 23.1. The van der Waals surface area contributed by atoms with Crippen LogP contribution in [0, 0.1) is 0 Å². The maximum atomic E-state index is 12.9. The van der Waals surface area contributed by atoms with E-state index in [1.807, 2.05) is 0 Å². The maximum Gasteiger partial charge on any atom is 0.306 e. The quantitative estimate of drug-likeness (QED) is 0.0261. The summed E-state index contributed by atoms with van der Waals surface area (Å²) in [6, 6.07) is 0. The molecule has 0 aromatic rings. The number of esters is 3. The Morgan fingerprint density at radius 2 is 0.481 bits per heavy atom. The van der Waals surface area contributed by atoms with E-state index >= 15 is 0 Å². The van der Waals surface area contributed by atoms with Crippen molar-refractivity contribution in [2.45, 2.75) is 361 Å². The van der Waals surface area contributed by atoms with Crippen LogP contribution in [0.1, 0.15) is 355 Å². The molecule has 0 saturated carbocycles. The van der Waals surface area contributed by atoms with Gasteiger partial charge in [-0.1, -0.05) is 313 Å². The SMILES string of the molecule is CCCCC/C=C\C/C=C\C/C=C\C/C=C\CCCC(=O)OC[C@H](COC(=O)CCCCCCCCCCCCCCCCCCCCCCC)OC(=O)CCCCCCCCCCCCC/C=C\CCCCCCCC. The zero-order chi connectivity index (χ0) is 55.7. The predicted molar refractivity (Wildman–Crippen MR) is 335 cm³/mol. The van der Waals surface area contributed by atoms with E-state index < -0.39 is 6.10 Å². The molecule has 0 aromatic carbocycles. The standard InChI is InChI=1S/C71H128O6/c1-4-7-10-13-16-19-22-25-28-31-33-35-37-40-43-46-49-52-55-58-61-64-70(73)76-67-68(66-75-69(72)63-60-57-54-51-48-45-42-39-30-27-24-21-18-15-12-9-6-3)77-71(74)65-62-59-56-53-50-47-44-41-38-36-34-32-29-26-23-20-17-14-11-8-5-2/h18,21,26-27,29-30,42,45,51,54,68H,4-17,19-20,22-25,28,31-41,43-44,46-50,52-53,55-67H2,1-3H3/b21-18-,29-26-,30-27-,45-42-,54-51-/t68-/m1/s1. The minimum atomic E-state index is -0.796. The third kappa shape index (κ3) is 63.8. The summed E-state index contributed by atoms with van der Waals surface area (Å²) in [5, 5.41) is 0. The van der Waals surface area contributed by atoms with Gasteiger partial charge in [-0.3, -0.25) is 14.4 Å². The van der Waals surface area contributed by atoms with Crippen LogP contribution in [-0.2, 0) is 28.6 Å². The zero-order valence-electron chi connectivity index (χ0n) is 51.5. The van der Waals surface area contributed by atoms with Crippen molar-refractivity contribution >= 4 is 17.9 Å². The van der Waals surface area contributed by atoms with E-state index in [2.05, 4.69) is 81.5 Å². The molecule has 0 aliphatic heterocycles. The monoisotopic (exact) mass is 1080 g/mol. The fourth-order valence-electron chi connectivity index (χ4n) is 9.90. The Morgan fingerprint density at radius 3 is 0.818 bits per heavy atom. The molecule has 77 heavy (non-hydrogen) atoms. The van der Waals surface area contributed by atoms with Crippen molar-refractivity contribution in [2.24, 2.45) is 0 Å². The molecule has 0 fully saturated rings. The summed E-state index contributed by atoms with van der Waals surface area (Å²) in [7, 11) is 0. The smallest absolute Gasteiger partial charge is 0.306 e. The van der Waals surface area contributed by atoms with E-state index in [9.17, 15) is 14.4 Å². The molecule has 0 rings (SSSR count). The molecule has 0 aromatic heterocycles. The van der Waals surface area contributed by atoms with Crippen LogP contribution in [0.2, 0.25) is 0 Å². The van der Waals surface area contributed by atoms with Crippen molar-refractivity contribution in [3.63, 3.8) is 0 Å². The third-order valence-corrected chi connectivity index (χ3v) is 15.0. The number of carbonyl (C=O) groups is 3. The molecule has 0 aliphatic rings. The van der Waals surface area contributed by atoms with Gasteiger partial charge in [0.25, 0.3) is 0 Å². The van der Waals surface area contributed by atoms with Gasteiger partial charge in [0.05, 0.1) is 0 Å². The lowest BCUT2D eigenvalue weighted by atomic mass is 10.0. The van der Waals surface area contributed by atoms with Crippen molar-refractivity contribution in [1.29, 1.82) is 0 Å². The Morgan fingerprint density at radius 1 is 0.260 bits per heavy atom. The average Bonchev–Trinajstić information content (AvgIpc) is 3.43. The number of hydrogen-bond donors (Lipinski definition) is 0. The van der Waals surface area contributed by atoms with Gasteiger partial charge in [-0.25, -0.2) is 0 Å². The first-order chi connectivity index (χ1) is 38.0. The Balaban J connectivity index is 4.38. The van der Waals surface area contributed by atoms with Crippen molar-refractivity contribution in [3.05, 3.63) is 60.8 Å². The van der Waals surface area contributed by atoms with E-state index in [0.717, 1.165) is 64.2 Å². The molecule has 0 bridgehead atoms. The van der Waals surface area contributed by atoms with Gasteiger partial charge in [-0.05, 0) is 83.5 Å². The van der Waals surface area contributed by atoms with Crippen molar-refractivity contribution in [3.8, 4) is 0 Å². The number of hydrogen-bond acceptors (Lipinski definition) is 6. The molecule has 0 unspecified atom stereocenters. The van der Waals surface area contributed by atoms with Crippen LogP contribution in [0.25, 0.3) is 0 Å². The Labute approximate surface area is 479 Å². The molecule has 0 N–H and O–H groups in total. The first-order valence-electron chi connectivity index (χ1n) is 33.8. The average molecular weight is 1080 g/mol. The van der Waals surface area contributed by atoms with E-state index in [0.29, 0.717) is 19.3 Å². The van der Waals surface area contributed by atoms with Crippen molar-refractivity contribution in [1.82, 2.24) is 0 Å². The van der Waals surface area contributed by atoms with Crippen LogP contribution in [0.4, 0.5) is 0 Å². The lowest BCUT2D eigenvalue weighted by Crippen LogP contribution is -2.30. The number of ether oxygens (including phenoxy) is 3.